The maximum Gasteiger partial charge on any atom is 0.255 e. The molecule has 1 aliphatic heterocycles. The molecule has 1 N–H and O–H groups in total. The topological polar surface area (TPSA) is 93.3 Å². The molecule has 0 radical (unpaired) electrons. The largest absolute Gasteiger partial charge is 0.471 e. The van der Waals surface area contributed by atoms with E-state index in [1.54, 1.807) is 23.5 Å². The highest BCUT2D eigenvalue weighted by Crippen LogP contribution is 2.27. The van der Waals surface area contributed by atoms with Gasteiger partial charge in [-0.15, -0.1) is 10.2 Å². The third-order valence-electron chi connectivity index (χ3n) is 4.94. The molecule has 1 fully saturated rings. The molecule has 140 valence electrons. The van der Waals surface area contributed by atoms with Crippen LogP contribution in [0.2, 0.25) is 0 Å². The number of hydrogen-bond donors (Lipinski definition) is 1. The number of likely N-dealkylation sites (tertiary alicyclic amines) is 1. The molecular formula is C18H25N5O3. The first-order chi connectivity index (χ1) is 12.3. The number of nitrogens with zero attached hydrogens (tertiary/aromatic N) is 4. The average molecular weight is 359 g/mol. The van der Waals surface area contributed by atoms with Gasteiger partial charge in [0.1, 0.15) is 25.0 Å². The van der Waals surface area contributed by atoms with Crippen LogP contribution >= 0.6 is 0 Å². The van der Waals surface area contributed by atoms with Crippen molar-refractivity contribution in [3.63, 3.8) is 0 Å². The van der Waals surface area contributed by atoms with Gasteiger partial charge in [0.25, 0.3) is 5.91 Å². The van der Waals surface area contributed by atoms with Gasteiger partial charge >= 0.3 is 0 Å². The lowest BCUT2D eigenvalue weighted by atomic mass is 10.0. The van der Waals surface area contributed by atoms with Crippen LogP contribution in [0.5, 0.6) is 0 Å². The fraction of sp³-hybridized carbons (Fsp3) is 0.556. The summed E-state index contributed by atoms with van der Waals surface area (Å²) in [6.45, 7) is 8.88. The SMILES string of the molecule is Cc1cocc1C(=O)NC1(C)CCN(C(=O)C(C(C)C)n2cnnc2)C1. The Labute approximate surface area is 152 Å². The van der Waals surface area contributed by atoms with E-state index in [-0.39, 0.29) is 23.8 Å². The quantitative estimate of drug-likeness (QED) is 0.879. The van der Waals surface area contributed by atoms with E-state index >= 15 is 0 Å². The van der Waals surface area contributed by atoms with Crippen molar-refractivity contribution in [2.75, 3.05) is 13.1 Å². The second-order valence-corrected chi connectivity index (χ2v) is 7.59. The van der Waals surface area contributed by atoms with Gasteiger partial charge in [-0.3, -0.25) is 9.59 Å². The highest BCUT2D eigenvalue weighted by molar-refractivity contribution is 5.95. The molecule has 8 heteroatoms. The minimum atomic E-state index is -0.467. The first-order valence-corrected chi connectivity index (χ1v) is 8.79. The summed E-state index contributed by atoms with van der Waals surface area (Å²) in [6, 6.07) is -0.348. The second-order valence-electron chi connectivity index (χ2n) is 7.59. The number of hydrogen-bond acceptors (Lipinski definition) is 5. The highest BCUT2D eigenvalue weighted by Gasteiger charge is 2.40. The summed E-state index contributed by atoms with van der Waals surface area (Å²) < 4.78 is 6.83. The van der Waals surface area contributed by atoms with Crippen molar-refractivity contribution in [2.45, 2.75) is 45.7 Å². The lowest BCUT2D eigenvalue weighted by molar-refractivity contribution is -0.135. The second kappa shape index (κ2) is 6.93. The van der Waals surface area contributed by atoms with Gasteiger partial charge in [-0.25, -0.2) is 0 Å². The van der Waals surface area contributed by atoms with Crippen LogP contribution in [-0.4, -0.2) is 50.1 Å². The van der Waals surface area contributed by atoms with Crippen LogP contribution in [0.25, 0.3) is 0 Å². The van der Waals surface area contributed by atoms with Gasteiger partial charge in [0.05, 0.1) is 17.4 Å². The molecule has 0 bridgehead atoms. The molecule has 3 rings (SSSR count). The fourth-order valence-electron chi connectivity index (χ4n) is 3.48. The van der Waals surface area contributed by atoms with E-state index < -0.39 is 5.54 Å². The molecule has 26 heavy (non-hydrogen) atoms. The minimum absolute atomic E-state index is 0.0252. The van der Waals surface area contributed by atoms with Crippen molar-refractivity contribution in [1.82, 2.24) is 25.0 Å². The van der Waals surface area contributed by atoms with Crippen LogP contribution in [0.3, 0.4) is 0 Å². The summed E-state index contributed by atoms with van der Waals surface area (Å²) >= 11 is 0. The van der Waals surface area contributed by atoms with Crippen molar-refractivity contribution in [2.24, 2.45) is 5.92 Å². The third-order valence-corrected chi connectivity index (χ3v) is 4.94. The zero-order chi connectivity index (χ0) is 18.9. The van der Waals surface area contributed by atoms with Gasteiger partial charge in [-0.1, -0.05) is 13.8 Å². The molecule has 0 saturated carbocycles. The van der Waals surface area contributed by atoms with Crippen molar-refractivity contribution < 1.29 is 14.0 Å². The molecule has 1 aliphatic rings. The van der Waals surface area contributed by atoms with Crippen LogP contribution in [0.1, 0.15) is 49.2 Å². The number of aromatic nitrogens is 3. The van der Waals surface area contributed by atoms with Gasteiger partial charge in [0, 0.05) is 13.1 Å². The van der Waals surface area contributed by atoms with Crippen molar-refractivity contribution in [3.8, 4) is 0 Å². The zero-order valence-corrected chi connectivity index (χ0v) is 15.6. The van der Waals surface area contributed by atoms with E-state index in [1.165, 1.54) is 6.26 Å². The highest BCUT2D eigenvalue weighted by atomic mass is 16.3. The summed E-state index contributed by atoms with van der Waals surface area (Å²) in [5.41, 5.74) is 0.857. The van der Waals surface area contributed by atoms with E-state index in [2.05, 4.69) is 15.5 Å². The fourth-order valence-corrected chi connectivity index (χ4v) is 3.48. The Morgan fingerprint density at radius 1 is 1.27 bits per heavy atom. The predicted molar refractivity (Wildman–Crippen MR) is 94.4 cm³/mol. The Kier molecular flexibility index (Phi) is 4.84. The molecular weight excluding hydrogens is 334 g/mol. The molecule has 0 spiro atoms. The molecule has 1 saturated heterocycles. The molecule has 3 heterocycles. The van der Waals surface area contributed by atoms with Gasteiger partial charge in [0.2, 0.25) is 5.91 Å². The van der Waals surface area contributed by atoms with Gasteiger partial charge in [-0.2, -0.15) is 0 Å². The smallest absolute Gasteiger partial charge is 0.255 e. The lowest BCUT2D eigenvalue weighted by Crippen LogP contribution is -2.49. The molecule has 2 atom stereocenters. The average Bonchev–Trinajstić information content (AvgIpc) is 3.28. The number of furan rings is 1. The number of amides is 2. The number of rotatable bonds is 5. The maximum absolute atomic E-state index is 13.1. The molecule has 2 amide bonds. The van der Waals surface area contributed by atoms with E-state index in [9.17, 15) is 9.59 Å². The van der Waals surface area contributed by atoms with E-state index in [1.807, 2.05) is 32.6 Å². The standard InChI is InChI=1S/C18H25N5O3/c1-12(2)15(23-10-19-20-11-23)17(25)22-6-5-18(4,9-22)21-16(24)14-8-26-7-13(14)3/h7-8,10-12,15H,5-6,9H2,1-4H3,(H,21,24). The first-order valence-electron chi connectivity index (χ1n) is 8.79. The Bertz CT molecular complexity index is 783. The van der Waals surface area contributed by atoms with Crippen molar-refractivity contribution in [3.05, 3.63) is 36.3 Å². The van der Waals surface area contributed by atoms with Crippen LogP contribution in [0.4, 0.5) is 0 Å². The van der Waals surface area contributed by atoms with Gasteiger partial charge in [0.15, 0.2) is 0 Å². The summed E-state index contributed by atoms with van der Waals surface area (Å²) in [7, 11) is 0. The molecule has 0 aromatic carbocycles. The molecule has 2 unspecified atom stereocenters. The minimum Gasteiger partial charge on any atom is -0.471 e. The Balaban J connectivity index is 1.69. The van der Waals surface area contributed by atoms with Crippen LogP contribution in [0, 0.1) is 12.8 Å². The van der Waals surface area contributed by atoms with Gasteiger partial charge < -0.3 is 19.2 Å². The molecule has 2 aromatic heterocycles. The number of carbonyl (C=O) groups is 2. The van der Waals surface area contributed by atoms with Crippen LogP contribution in [0.15, 0.2) is 29.6 Å². The molecule has 0 aliphatic carbocycles. The van der Waals surface area contributed by atoms with Gasteiger partial charge in [-0.05, 0) is 31.7 Å². The number of aryl methyl sites for hydroxylation is 1. The lowest BCUT2D eigenvalue weighted by Gasteiger charge is -2.29. The number of carbonyl (C=O) groups excluding carboxylic acids is 2. The summed E-state index contributed by atoms with van der Waals surface area (Å²) in [5, 5.41) is 10.7. The zero-order valence-electron chi connectivity index (χ0n) is 15.6. The Morgan fingerprint density at radius 3 is 2.54 bits per heavy atom. The first kappa shape index (κ1) is 18.2. The van der Waals surface area contributed by atoms with Crippen molar-refractivity contribution >= 4 is 11.8 Å². The summed E-state index contributed by atoms with van der Waals surface area (Å²) in [4.78, 5) is 27.4. The molecule has 8 nitrogen and oxygen atoms in total. The predicted octanol–water partition coefficient (Wildman–Crippen LogP) is 1.80. The van der Waals surface area contributed by atoms with Crippen molar-refractivity contribution in [1.29, 1.82) is 0 Å². The Morgan fingerprint density at radius 2 is 1.96 bits per heavy atom. The van der Waals surface area contributed by atoms with Crippen LogP contribution in [-0.2, 0) is 4.79 Å². The molecule has 2 aromatic rings. The summed E-state index contributed by atoms with van der Waals surface area (Å²) in [5.74, 6) is -0.0435. The third kappa shape index (κ3) is 3.49. The van der Waals surface area contributed by atoms with E-state index in [0.717, 1.165) is 5.56 Å². The van der Waals surface area contributed by atoms with E-state index in [4.69, 9.17) is 4.42 Å². The summed E-state index contributed by atoms with van der Waals surface area (Å²) in [6.07, 6.45) is 6.85. The number of nitrogens with one attached hydrogen (secondary N) is 1. The monoisotopic (exact) mass is 359 g/mol. The van der Waals surface area contributed by atoms with E-state index in [0.29, 0.717) is 25.1 Å². The van der Waals surface area contributed by atoms with Crippen LogP contribution < -0.4 is 5.32 Å². The Hall–Kier alpha value is -2.64. The maximum atomic E-state index is 13.1. The normalized spacial score (nSPS) is 21.2.